The summed E-state index contributed by atoms with van der Waals surface area (Å²) in [6, 6.07) is -0.490. The van der Waals surface area contributed by atoms with Crippen LogP contribution in [0.4, 0.5) is 0 Å². The number of carbonyl (C=O) groups is 1. The summed E-state index contributed by atoms with van der Waals surface area (Å²) in [6.07, 6.45) is -12.4. The average Bonchev–Trinajstić information content (AvgIpc) is 3.06. The molecule has 2 aliphatic heterocycles. The third-order valence-corrected chi connectivity index (χ3v) is 8.08. The molecule has 2 saturated heterocycles. The van der Waals surface area contributed by atoms with E-state index in [0.29, 0.717) is 0 Å². The second-order valence-electron chi connectivity index (χ2n) is 8.38. The first kappa shape index (κ1) is 30.7. The summed E-state index contributed by atoms with van der Waals surface area (Å²) in [5, 5.41) is 42.9. The largest absolute Gasteiger partial charge is 0.756 e. The minimum Gasteiger partial charge on any atom is -0.756 e. The first-order valence-electron chi connectivity index (χ1n) is 10.8. The normalized spacial score (nSPS) is 36.8. The summed E-state index contributed by atoms with van der Waals surface area (Å²) in [4.78, 5) is 58.4. The molecular formula is C17H26N3O16P2-. The third-order valence-electron chi connectivity index (χ3n) is 5.52. The maximum atomic E-state index is 12.2. The quantitative estimate of drug-likeness (QED) is 0.134. The number of hydrogen-bond donors (Lipinski definition) is 7. The molecule has 3 rings (SSSR count). The van der Waals surface area contributed by atoms with E-state index in [1.807, 2.05) is 4.98 Å². The fourth-order valence-electron chi connectivity index (χ4n) is 3.72. The number of phosphoric acid groups is 2. The Morgan fingerprint density at radius 1 is 1.16 bits per heavy atom. The van der Waals surface area contributed by atoms with Gasteiger partial charge in [-0.2, -0.15) is 0 Å². The van der Waals surface area contributed by atoms with Gasteiger partial charge in [-0.1, -0.05) is 0 Å². The van der Waals surface area contributed by atoms with Crippen LogP contribution in [0.15, 0.2) is 21.9 Å². The highest BCUT2D eigenvalue weighted by Crippen LogP contribution is 2.59. The van der Waals surface area contributed by atoms with Gasteiger partial charge in [0.2, 0.25) is 5.91 Å². The summed E-state index contributed by atoms with van der Waals surface area (Å²) in [6.45, 7) is 1.31. The molecule has 0 aliphatic carbocycles. The van der Waals surface area contributed by atoms with Crippen molar-refractivity contribution in [3.63, 3.8) is 0 Å². The van der Waals surface area contributed by atoms with Gasteiger partial charge in [0.05, 0.1) is 18.8 Å². The van der Waals surface area contributed by atoms with Gasteiger partial charge in [-0.15, -0.1) is 0 Å². The van der Waals surface area contributed by atoms with Crippen LogP contribution in [-0.4, -0.2) is 96.3 Å². The number of aromatic amines is 1. The molecule has 3 heterocycles. The zero-order valence-electron chi connectivity index (χ0n) is 19.6. The summed E-state index contributed by atoms with van der Waals surface area (Å²) < 4.78 is 48.6. The Morgan fingerprint density at radius 2 is 1.82 bits per heavy atom. The number of aliphatic hydroxyl groups is 4. The molecular weight excluding hydrogens is 564 g/mol. The van der Waals surface area contributed by atoms with Crippen LogP contribution >= 0.6 is 15.6 Å². The third kappa shape index (κ3) is 7.22. The molecule has 11 atom stereocenters. The van der Waals surface area contributed by atoms with Crippen molar-refractivity contribution in [2.75, 3.05) is 6.61 Å². The van der Waals surface area contributed by atoms with Gasteiger partial charge in [-0.25, -0.2) is 13.7 Å². The van der Waals surface area contributed by atoms with Crippen molar-refractivity contribution in [1.82, 2.24) is 14.9 Å². The van der Waals surface area contributed by atoms with Gasteiger partial charge < -0.3 is 45.0 Å². The Kier molecular flexibility index (Phi) is 9.48. The van der Waals surface area contributed by atoms with Gasteiger partial charge in [0.15, 0.2) is 12.5 Å². The van der Waals surface area contributed by atoms with Crippen LogP contribution in [0.5, 0.6) is 0 Å². The number of ether oxygens (including phenoxy) is 2. The van der Waals surface area contributed by atoms with Crippen molar-refractivity contribution in [2.45, 2.75) is 69.0 Å². The Bertz CT molecular complexity index is 1220. The van der Waals surface area contributed by atoms with Crippen LogP contribution in [0.1, 0.15) is 20.1 Å². The number of hydrogen-bond acceptors (Lipinski definition) is 15. The van der Waals surface area contributed by atoms with E-state index in [1.165, 1.54) is 6.92 Å². The lowest BCUT2D eigenvalue weighted by Crippen LogP contribution is -2.63. The summed E-state index contributed by atoms with van der Waals surface area (Å²) in [5.74, 6) is -0.676. The Labute approximate surface area is 212 Å². The number of nitrogens with zero attached hydrogens (tertiary/aromatic N) is 1. The van der Waals surface area contributed by atoms with E-state index < -0.39 is 94.6 Å². The minimum atomic E-state index is -5.79. The van der Waals surface area contributed by atoms with E-state index in [9.17, 15) is 53.7 Å². The number of amides is 1. The lowest BCUT2D eigenvalue weighted by Gasteiger charge is -2.42. The topological polar surface area (TPSA) is 288 Å². The predicted molar refractivity (Wildman–Crippen MR) is 117 cm³/mol. The number of H-pyrrole nitrogens is 1. The zero-order chi connectivity index (χ0) is 28.6. The van der Waals surface area contributed by atoms with Gasteiger partial charge in [0.25, 0.3) is 13.4 Å². The Hall–Kier alpha value is -1.83. The molecule has 2 fully saturated rings. The molecule has 1 aromatic heterocycles. The van der Waals surface area contributed by atoms with Crippen LogP contribution in [0.3, 0.4) is 0 Å². The van der Waals surface area contributed by atoms with Crippen molar-refractivity contribution in [2.24, 2.45) is 0 Å². The van der Waals surface area contributed by atoms with E-state index in [-0.39, 0.29) is 0 Å². The molecule has 38 heavy (non-hydrogen) atoms. The predicted octanol–water partition coefficient (Wildman–Crippen LogP) is -4.25. The van der Waals surface area contributed by atoms with E-state index in [1.54, 1.807) is 0 Å². The van der Waals surface area contributed by atoms with Gasteiger partial charge in [0.1, 0.15) is 30.5 Å². The Balaban J connectivity index is 1.62. The van der Waals surface area contributed by atoms with Crippen LogP contribution < -0.4 is 21.5 Å². The van der Waals surface area contributed by atoms with Crippen molar-refractivity contribution < 1.29 is 67.0 Å². The SMILES string of the molecule is CC(=O)NC1C(O)C(C)OC(OP(=O)([O-])OP(=O)(O)OCC2OC(n3ccc(=O)[nH]c3=O)C(O)C2O)C1O. The molecule has 0 saturated carbocycles. The van der Waals surface area contributed by atoms with Crippen molar-refractivity contribution in [1.29, 1.82) is 0 Å². The summed E-state index contributed by atoms with van der Waals surface area (Å²) in [5.41, 5.74) is -1.74. The average molecular weight is 590 g/mol. The molecule has 0 spiro atoms. The van der Waals surface area contributed by atoms with Gasteiger partial charge in [-0.3, -0.25) is 32.8 Å². The van der Waals surface area contributed by atoms with Crippen molar-refractivity contribution >= 4 is 21.6 Å². The molecule has 1 amide bonds. The maximum Gasteiger partial charge on any atom is 0.478 e. The van der Waals surface area contributed by atoms with Crippen molar-refractivity contribution in [3.05, 3.63) is 33.1 Å². The van der Waals surface area contributed by atoms with Crippen LogP contribution in [0.2, 0.25) is 0 Å². The van der Waals surface area contributed by atoms with E-state index >= 15 is 0 Å². The maximum absolute atomic E-state index is 12.2. The standard InChI is InChI=1S/C17H27N3O16P2/c1-6-11(23)10(18-7(2)21)13(25)16(33-6)35-38(30,31)36-37(28,29)32-5-8-12(24)14(26)15(34-8)20-4-3-9(22)19-17(20)27/h3-4,6,8,10-16,23-26H,5H2,1-2H3,(H,18,21)(H,28,29)(H,30,31)(H,19,22,27)/p-1. The Morgan fingerprint density at radius 3 is 2.42 bits per heavy atom. The van der Waals surface area contributed by atoms with Crippen LogP contribution in [-0.2, 0) is 36.8 Å². The molecule has 216 valence electrons. The fourth-order valence-corrected chi connectivity index (χ4v) is 5.83. The molecule has 21 heteroatoms. The number of carbonyl (C=O) groups excluding carboxylic acids is 1. The first-order valence-corrected chi connectivity index (χ1v) is 13.8. The molecule has 0 aromatic carbocycles. The van der Waals surface area contributed by atoms with Crippen LogP contribution in [0.25, 0.3) is 0 Å². The number of aliphatic hydroxyl groups excluding tert-OH is 4. The number of nitrogens with one attached hydrogen (secondary N) is 2. The molecule has 1 aromatic rings. The fraction of sp³-hybridized carbons (Fsp3) is 0.706. The number of rotatable bonds is 9. The number of phosphoric ester groups is 2. The molecule has 0 bridgehead atoms. The van der Waals surface area contributed by atoms with E-state index in [4.69, 9.17) is 9.47 Å². The molecule has 0 radical (unpaired) electrons. The summed E-state index contributed by atoms with van der Waals surface area (Å²) >= 11 is 0. The monoisotopic (exact) mass is 590 g/mol. The van der Waals surface area contributed by atoms with Crippen molar-refractivity contribution in [3.8, 4) is 0 Å². The van der Waals surface area contributed by atoms with E-state index in [2.05, 4.69) is 18.7 Å². The molecule has 7 N–H and O–H groups in total. The highest BCUT2D eigenvalue weighted by atomic mass is 31.3. The smallest absolute Gasteiger partial charge is 0.478 e. The molecule has 11 unspecified atom stereocenters. The number of aromatic nitrogens is 2. The summed E-state index contributed by atoms with van der Waals surface area (Å²) in [7, 11) is -11.3. The minimum absolute atomic E-state index is 0.676. The first-order chi connectivity index (χ1) is 17.5. The van der Waals surface area contributed by atoms with Gasteiger partial charge >= 0.3 is 13.5 Å². The molecule has 19 nitrogen and oxygen atoms in total. The molecule has 2 aliphatic rings. The lowest BCUT2D eigenvalue weighted by atomic mass is 9.97. The van der Waals surface area contributed by atoms with Crippen LogP contribution in [0, 0.1) is 0 Å². The van der Waals surface area contributed by atoms with Gasteiger partial charge in [-0.05, 0) is 6.92 Å². The van der Waals surface area contributed by atoms with Gasteiger partial charge in [0, 0.05) is 19.2 Å². The zero-order valence-corrected chi connectivity index (χ0v) is 21.4. The lowest BCUT2D eigenvalue weighted by molar-refractivity contribution is -0.280. The second-order valence-corrected chi connectivity index (χ2v) is 11.3. The van der Waals surface area contributed by atoms with E-state index in [0.717, 1.165) is 23.8 Å². The second kappa shape index (κ2) is 11.7. The highest BCUT2D eigenvalue weighted by Gasteiger charge is 2.47. The highest BCUT2D eigenvalue weighted by molar-refractivity contribution is 7.60.